The van der Waals surface area contributed by atoms with E-state index >= 15 is 0 Å². The second kappa shape index (κ2) is 6.48. The number of hydrogen-bond donors (Lipinski definition) is 1. The summed E-state index contributed by atoms with van der Waals surface area (Å²) >= 11 is 0. The van der Waals surface area contributed by atoms with Gasteiger partial charge in [-0.3, -0.25) is 9.48 Å². The van der Waals surface area contributed by atoms with Crippen LogP contribution in [0.25, 0.3) is 11.5 Å². The number of nitrogens with one attached hydrogen (secondary N) is 1. The Hall–Kier alpha value is -2.89. The summed E-state index contributed by atoms with van der Waals surface area (Å²) in [5.74, 6) is 0.433. The number of amides is 1. The average molecular weight is 310 g/mol. The Morgan fingerprint density at radius 3 is 2.83 bits per heavy atom. The molecule has 3 rings (SSSR count). The summed E-state index contributed by atoms with van der Waals surface area (Å²) in [5.41, 5.74) is 2.78. The molecule has 3 aromatic rings. The number of rotatable bonds is 5. The van der Waals surface area contributed by atoms with Gasteiger partial charge in [0.15, 0.2) is 0 Å². The molecule has 0 saturated heterocycles. The van der Waals surface area contributed by atoms with Crippen molar-refractivity contribution in [2.24, 2.45) is 0 Å². The van der Waals surface area contributed by atoms with E-state index < -0.39 is 0 Å². The van der Waals surface area contributed by atoms with Crippen LogP contribution in [0.15, 0.2) is 53.4 Å². The van der Waals surface area contributed by atoms with Gasteiger partial charge in [-0.1, -0.05) is 17.7 Å². The monoisotopic (exact) mass is 310 g/mol. The lowest BCUT2D eigenvalue weighted by Gasteiger charge is -2.11. The SMILES string of the molecule is Cc1ccc(-c2nc(CNC(=O)[C@H](C)n3cccn3)co2)cc1. The maximum Gasteiger partial charge on any atom is 0.244 e. The van der Waals surface area contributed by atoms with Crippen LogP contribution in [0.1, 0.15) is 24.2 Å². The van der Waals surface area contributed by atoms with Crippen LogP contribution in [-0.4, -0.2) is 20.7 Å². The van der Waals surface area contributed by atoms with Gasteiger partial charge in [-0.25, -0.2) is 4.98 Å². The van der Waals surface area contributed by atoms with Gasteiger partial charge in [-0.05, 0) is 32.0 Å². The first-order chi connectivity index (χ1) is 11.1. The molecule has 1 N–H and O–H groups in total. The van der Waals surface area contributed by atoms with E-state index in [1.807, 2.05) is 31.2 Å². The molecule has 0 unspecified atom stereocenters. The van der Waals surface area contributed by atoms with E-state index in [-0.39, 0.29) is 11.9 Å². The van der Waals surface area contributed by atoms with Gasteiger partial charge < -0.3 is 9.73 Å². The van der Waals surface area contributed by atoms with E-state index in [0.717, 1.165) is 5.56 Å². The second-order valence-electron chi connectivity index (χ2n) is 5.39. The minimum Gasteiger partial charge on any atom is -0.444 e. The Bertz CT molecular complexity index is 775. The predicted octanol–water partition coefficient (Wildman–Crippen LogP) is 2.72. The Balaban J connectivity index is 1.61. The van der Waals surface area contributed by atoms with E-state index in [2.05, 4.69) is 15.4 Å². The van der Waals surface area contributed by atoms with Gasteiger partial charge in [0.2, 0.25) is 11.8 Å². The van der Waals surface area contributed by atoms with Crippen LogP contribution in [0.5, 0.6) is 0 Å². The van der Waals surface area contributed by atoms with Crippen LogP contribution < -0.4 is 5.32 Å². The van der Waals surface area contributed by atoms with E-state index in [1.165, 1.54) is 5.56 Å². The van der Waals surface area contributed by atoms with E-state index in [1.54, 1.807) is 36.3 Å². The Kier molecular flexibility index (Phi) is 4.23. The molecule has 0 aliphatic heterocycles. The number of benzene rings is 1. The summed E-state index contributed by atoms with van der Waals surface area (Å²) in [5, 5.41) is 6.90. The molecule has 0 fully saturated rings. The molecule has 0 aliphatic rings. The van der Waals surface area contributed by atoms with E-state index in [9.17, 15) is 4.79 Å². The molecule has 1 atom stereocenters. The fourth-order valence-corrected chi connectivity index (χ4v) is 2.17. The molecule has 6 heteroatoms. The lowest BCUT2D eigenvalue weighted by atomic mass is 10.1. The van der Waals surface area contributed by atoms with Gasteiger partial charge in [-0.2, -0.15) is 5.10 Å². The zero-order valence-corrected chi connectivity index (χ0v) is 13.1. The molecule has 0 saturated carbocycles. The van der Waals surface area contributed by atoms with E-state index in [0.29, 0.717) is 18.1 Å². The molecule has 118 valence electrons. The third-order valence-corrected chi connectivity index (χ3v) is 3.60. The Labute approximate surface area is 134 Å². The first kappa shape index (κ1) is 15.0. The van der Waals surface area contributed by atoms with Crippen molar-refractivity contribution in [3.63, 3.8) is 0 Å². The number of aromatic nitrogens is 3. The largest absolute Gasteiger partial charge is 0.444 e. The van der Waals surface area contributed by atoms with E-state index in [4.69, 9.17) is 4.42 Å². The molecule has 6 nitrogen and oxygen atoms in total. The fourth-order valence-electron chi connectivity index (χ4n) is 2.17. The minimum absolute atomic E-state index is 0.117. The summed E-state index contributed by atoms with van der Waals surface area (Å²) in [6, 6.07) is 9.36. The highest BCUT2D eigenvalue weighted by atomic mass is 16.3. The molecule has 1 aromatic carbocycles. The Morgan fingerprint density at radius 1 is 1.35 bits per heavy atom. The highest BCUT2D eigenvalue weighted by Crippen LogP contribution is 2.19. The molecule has 0 bridgehead atoms. The van der Waals surface area contributed by atoms with Gasteiger partial charge in [0.05, 0.1) is 12.2 Å². The summed E-state index contributed by atoms with van der Waals surface area (Å²) in [4.78, 5) is 16.5. The number of aryl methyl sites for hydroxylation is 1. The van der Waals surface area contributed by atoms with Crippen LogP contribution in [-0.2, 0) is 11.3 Å². The first-order valence-electron chi connectivity index (χ1n) is 7.42. The van der Waals surface area contributed by atoms with Gasteiger partial charge in [0.1, 0.15) is 12.3 Å². The minimum atomic E-state index is -0.367. The molecule has 2 aromatic heterocycles. The standard InChI is InChI=1S/C17H18N4O2/c1-12-4-6-14(7-5-12)17-20-15(11-23-17)10-18-16(22)13(2)21-9-3-8-19-21/h3-9,11,13H,10H2,1-2H3,(H,18,22)/t13-/m0/s1. The van der Waals surface area contributed by atoms with Crippen LogP contribution >= 0.6 is 0 Å². The second-order valence-corrected chi connectivity index (χ2v) is 5.39. The van der Waals surface area contributed by atoms with Crippen molar-refractivity contribution in [2.75, 3.05) is 0 Å². The maximum absolute atomic E-state index is 12.1. The number of nitrogens with zero attached hydrogens (tertiary/aromatic N) is 3. The normalized spacial score (nSPS) is 12.1. The summed E-state index contributed by atoms with van der Waals surface area (Å²) in [6.07, 6.45) is 4.97. The van der Waals surface area contributed by atoms with Crippen molar-refractivity contribution in [3.8, 4) is 11.5 Å². The zero-order chi connectivity index (χ0) is 16.2. The third-order valence-electron chi connectivity index (χ3n) is 3.60. The van der Waals surface area contributed by atoms with Crippen molar-refractivity contribution < 1.29 is 9.21 Å². The lowest BCUT2D eigenvalue weighted by Crippen LogP contribution is -2.30. The molecule has 0 spiro atoms. The number of carbonyl (C=O) groups is 1. The quantitative estimate of drug-likeness (QED) is 0.786. The van der Waals surface area contributed by atoms with Crippen molar-refractivity contribution in [2.45, 2.75) is 26.4 Å². The summed E-state index contributed by atoms with van der Waals surface area (Å²) in [6.45, 7) is 4.14. The van der Waals surface area contributed by atoms with Crippen LogP contribution in [0.3, 0.4) is 0 Å². The van der Waals surface area contributed by atoms with Gasteiger partial charge in [-0.15, -0.1) is 0 Å². The van der Waals surface area contributed by atoms with Crippen LogP contribution in [0.2, 0.25) is 0 Å². The fraction of sp³-hybridized carbons (Fsp3) is 0.235. The van der Waals surface area contributed by atoms with Crippen molar-refractivity contribution in [3.05, 3.63) is 60.2 Å². The molecule has 23 heavy (non-hydrogen) atoms. The molecule has 2 heterocycles. The highest BCUT2D eigenvalue weighted by molar-refractivity contribution is 5.79. The molecule has 0 radical (unpaired) electrons. The van der Waals surface area contributed by atoms with Crippen molar-refractivity contribution in [1.29, 1.82) is 0 Å². The number of oxazole rings is 1. The smallest absolute Gasteiger partial charge is 0.244 e. The maximum atomic E-state index is 12.1. The third kappa shape index (κ3) is 3.48. The predicted molar refractivity (Wildman–Crippen MR) is 85.5 cm³/mol. The first-order valence-corrected chi connectivity index (χ1v) is 7.42. The van der Waals surface area contributed by atoms with Gasteiger partial charge in [0.25, 0.3) is 0 Å². The molecule has 1 amide bonds. The molecule has 0 aliphatic carbocycles. The summed E-state index contributed by atoms with van der Waals surface area (Å²) in [7, 11) is 0. The molecular formula is C17H18N4O2. The van der Waals surface area contributed by atoms with Crippen LogP contribution in [0, 0.1) is 6.92 Å². The number of carbonyl (C=O) groups excluding carboxylic acids is 1. The summed E-state index contributed by atoms with van der Waals surface area (Å²) < 4.78 is 7.08. The van der Waals surface area contributed by atoms with Gasteiger partial charge in [0, 0.05) is 18.0 Å². The van der Waals surface area contributed by atoms with Crippen molar-refractivity contribution in [1.82, 2.24) is 20.1 Å². The number of hydrogen-bond acceptors (Lipinski definition) is 4. The Morgan fingerprint density at radius 2 is 2.13 bits per heavy atom. The lowest BCUT2D eigenvalue weighted by molar-refractivity contribution is -0.124. The topological polar surface area (TPSA) is 73.0 Å². The van der Waals surface area contributed by atoms with Crippen molar-refractivity contribution >= 4 is 5.91 Å². The molecular weight excluding hydrogens is 292 g/mol. The van der Waals surface area contributed by atoms with Crippen LogP contribution in [0.4, 0.5) is 0 Å². The zero-order valence-electron chi connectivity index (χ0n) is 13.1. The highest BCUT2D eigenvalue weighted by Gasteiger charge is 2.15. The average Bonchev–Trinajstić information content (AvgIpc) is 3.24. The van der Waals surface area contributed by atoms with Gasteiger partial charge >= 0.3 is 0 Å².